The highest BCUT2D eigenvalue weighted by molar-refractivity contribution is 5.94. The molecular weight excluding hydrogens is 470 g/mol. The van der Waals surface area contributed by atoms with E-state index in [2.05, 4.69) is 20.6 Å². The Morgan fingerprint density at radius 2 is 1.73 bits per heavy atom. The molecule has 0 aliphatic heterocycles. The molecule has 0 bridgehead atoms. The summed E-state index contributed by atoms with van der Waals surface area (Å²) in [5.41, 5.74) is 2.36. The Hall–Kier alpha value is -4.66. The number of pyridine rings is 1. The van der Waals surface area contributed by atoms with Crippen molar-refractivity contribution in [3.63, 3.8) is 0 Å². The predicted molar refractivity (Wildman–Crippen MR) is 137 cm³/mol. The summed E-state index contributed by atoms with van der Waals surface area (Å²) in [4.78, 5) is 40.8. The van der Waals surface area contributed by atoms with Gasteiger partial charge in [0.15, 0.2) is 5.78 Å². The molecule has 0 spiro atoms. The standard InChI is InChI=1S/C28H27N5O4/c1-18(34)20-11-9-19(10-12-20)16-33-17-24(31-32-33)22-13-14-29-23(15-22)26(35)30-25(28(2,3)27(36)37)21-7-5-4-6-8-21/h4-15,17,25H,16H2,1-3H3,(H,30,35)(H,36,37). The monoisotopic (exact) mass is 497 g/mol. The lowest BCUT2D eigenvalue weighted by Gasteiger charge is -2.31. The zero-order chi connectivity index (χ0) is 26.6. The number of rotatable bonds is 9. The molecular formula is C28H27N5O4. The second kappa shape index (κ2) is 10.5. The lowest BCUT2D eigenvalue weighted by Crippen LogP contribution is -2.42. The van der Waals surface area contributed by atoms with Gasteiger partial charge in [-0.05, 0) is 44.0 Å². The average Bonchev–Trinajstić information content (AvgIpc) is 3.36. The zero-order valence-corrected chi connectivity index (χ0v) is 20.8. The number of nitrogens with zero attached hydrogens (tertiary/aromatic N) is 4. The maximum Gasteiger partial charge on any atom is 0.311 e. The van der Waals surface area contributed by atoms with Crippen molar-refractivity contribution in [2.75, 3.05) is 0 Å². The molecule has 2 aromatic heterocycles. The number of hydrogen-bond donors (Lipinski definition) is 2. The number of benzene rings is 2. The molecule has 37 heavy (non-hydrogen) atoms. The van der Waals surface area contributed by atoms with Crippen LogP contribution in [0, 0.1) is 5.41 Å². The van der Waals surface area contributed by atoms with E-state index in [1.165, 1.54) is 13.1 Å². The van der Waals surface area contributed by atoms with Gasteiger partial charge in [0.2, 0.25) is 0 Å². The molecule has 4 rings (SSSR count). The lowest BCUT2D eigenvalue weighted by molar-refractivity contribution is -0.148. The van der Waals surface area contributed by atoms with Crippen LogP contribution in [-0.4, -0.2) is 42.7 Å². The van der Waals surface area contributed by atoms with Gasteiger partial charge in [-0.2, -0.15) is 0 Å². The van der Waals surface area contributed by atoms with Crippen LogP contribution in [0.4, 0.5) is 0 Å². The first-order valence-corrected chi connectivity index (χ1v) is 11.7. The van der Waals surface area contributed by atoms with E-state index in [1.54, 1.807) is 73.3 Å². The van der Waals surface area contributed by atoms with Crippen LogP contribution in [-0.2, 0) is 11.3 Å². The summed E-state index contributed by atoms with van der Waals surface area (Å²) >= 11 is 0. The van der Waals surface area contributed by atoms with Crippen molar-refractivity contribution in [1.82, 2.24) is 25.3 Å². The van der Waals surface area contributed by atoms with Gasteiger partial charge in [0, 0.05) is 17.3 Å². The summed E-state index contributed by atoms with van der Waals surface area (Å²) in [6.07, 6.45) is 3.26. The molecule has 0 saturated carbocycles. The van der Waals surface area contributed by atoms with Crippen LogP contribution in [0.5, 0.6) is 0 Å². The number of carbonyl (C=O) groups is 3. The van der Waals surface area contributed by atoms with Crippen molar-refractivity contribution < 1.29 is 19.5 Å². The van der Waals surface area contributed by atoms with Gasteiger partial charge in [-0.3, -0.25) is 19.4 Å². The number of carbonyl (C=O) groups excluding carboxylic acids is 2. The number of hydrogen-bond acceptors (Lipinski definition) is 6. The summed E-state index contributed by atoms with van der Waals surface area (Å²) in [6, 6.07) is 18.8. The molecule has 2 aromatic carbocycles. The van der Waals surface area contributed by atoms with Crippen LogP contribution >= 0.6 is 0 Å². The topological polar surface area (TPSA) is 127 Å². The van der Waals surface area contributed by atoms with E-state index in [4.69, 9.17) is 0 Å². The molecule has 9 nitrogen and oxygen atoms in total. The van der Waals surface area contributed by atoms with Crippen molar-refractivity contribution in [1.29, 1.82) is 0 Å². The smallest absolute Gasteiger partial charge is 0.311 e. The minimum absolute atomic E-state index is 0.00809. The first-order chi connectivity index (χ1) is 17.6. The first kappa shape index (κ1) is 25.4. The number of amides is 1. The summed E-state index contributed by atoms with van der Waals surface area (Å²) in [5, 5.41) is 21.0. The Labute approximate surface area is 214 Å². The van der Waals surface area contributed by atoms with Crippen LogP contribution in [0.15, 0.2) is 79.1 Å². The van der Waals surface area contributed by atoms with Crippen LogP contribution in [0.25, 0.3) is 11.3 Å². The summed E-state index contributed by atoms with van der Waals surface area (Å²) in [7, 11) is 0. The molecule has 0 aliphatic rings. The Bertz CT molecular complexity index is 1430. The molecule has 1 atom stereocenters. The van der Waals surface area contributed by atoms with Gasteiger partial charge in [-0.15, -0.1) is 5.10 Å². The molecule has 1 amide bonds. The van der Waals surface area contributed by atoms with Gasteiger partial charge in [0.25, 0.3) is 5.91 Å². The molecule has 1 unspecified atom stereocenters. The van der Waals surface area contributed by atoms with Crippen molar-refractivity contribution >= 4 is 17.7 Å². The SMILES string of the molecule is CC(=O)c1ccc(Cn2cc(-c3ccnc(C(=O)NC(c4ccccc4)C(C)(C)C(=O)O)c3)nn2)cc1. The highest BCUT2D eigenvalue weighted by atomic mass is 16.4. The molecule has 2 heterocycles. The minimum Gasteiger partial charge on any atom is -0.481 e. The molecule has 0 aliphatic carbocycles. The predicted octanol–water partition coefficient (Wildman–Crippen LogP) is 4.17. The van der Waals surface area contributed by atoms with Gasteiger partial charge < -0.3 is 10.4 Å². The van der Waals surface area contributed by atoms with Gasteiger partial charge in [-0.1, -0.05) is 59.8 Å². The van der Waals surface area contributed by atoms with Gasteiger partial charge in [0.1, 0.15) is 11.4 Å². The van der Waals surface area contributed by atoms with Gasteiger partial charge in [0.05, 0.1) is 24.2 Å². The Kier molecular flexibility index (Phi) is 7.24. The van der Waals surface area contributed by atoms with Crippen LogP contribution in [0.1, 0.15) is 58.8 Å². The Morgan fingerprint density at radius 3 is 2.38 bits per heavy atom. The second-order valence-electron chi connectivity index (χ2n) is 9.33. The molecule has 2 N–H and O–H groups in total. The van der Waals surface area contributed by atoms with Gasteiger partial charge >= 0.3 is 5.97 Å². The zero-order valence-electron chi connectivity index (χ0n) is 20.8. The number of nitrogens with one attached hydrogen (secondary N) is 1. The fourth-order valence-corrected chi connectivity index (χ4v) is 3.91. The van der Waals surface area contributed by atoms with Crippen LogP contribution in [0.3, 0.4) is 0 Å². The van der Waals surface area contributed by atoms with E-state index in [-0.39, 0.29) is 11.5 Å². The molecule has 188 valence electrons. The van der Waals surface area contributed by atoms with E-state index < -0.39 is 23.3 Å². The molecule has 9 heteroatoms. The number of ketones is 1. The maximum atomic E-state index is 13.2. The number of aliphatic carboxylic acids is 1. The third-order valence-corrected chi connectivity index (χ3v) is 6.21. The summed E-state index contributed by atoms with van der Waals surface area (Å²) < 4.78 is 1.67. The first-order valence-electron chi connectivity index (χ1n) is 11.7. The average molecular weight is 498 g/mol. The number of Topliss-reactive ketones (excluding diaryl/α,β-unsaturated/α-hetero) is 1. The molecule has 0 radical (unpaired) electrons. The molecule has 0 fully saturated rings. The lowest BCUT2D eigenvalue weighted by atomic mass is 9.80. The number of carboxylic acid groups (broad SMARTS) is 1. The van der Waals surface area contributed by atoms with Crippen LogP contribution in [0.2, 0.25) is 0 Å². The normalized spacial score (nSPS) is 12.1. The fourth-order valence-electron chi connectivity index (χ4n) is 3.91. The Balaban J connectivity index is 1.53. The van der Waals surface area contributed by atoms with Gasteiger partial charge in [-0.25, -0.2) is 4.68 Å². The maximum absolute atomic E-state index is 13.2. The highest BCUT2D eigenvalue weighted by Crippen LogP contribution is 2.34. The molecule has 0 saturated heterocycles. The van der Waals surface area contributed by atoms with Crippen molar-refractivity contribution in [3.05, 3.63) is 102 Å². The summed E-state index contributed by atoms with van der Waals surface area (Å²) in [5.74, 6) is -1.52. The third-order valence-electron chi connectivity index (χ3n) is 6.21. The highest BCUT2D eigenvalue weighted by Gasteiger charge is 2.39. The third kappa shape index (κ3) is 5.78. The summed E-state index contributed by atoms with van der Waals surface area (Å²) in [6.45, 7) is 5.13. The number of aromatic nitrogens is 4. The van der Waals surface area contributed by atoms with E-state index >= 15 is 0 Å². The van der Waals surface area contributed by atoms with E-state index in [9.17, 15) is 19.5 Å². The van der Waals surface area contributed by atoms with E-state index in [0.29, 0.717) is 28.9 Å². The fraction of sp³-hybridized carbons (Fsp3) is 0.214. The Morgan fingerprint density at radius 1 is 1.03 bits per heavy atom. The van der Waals surface area contributed by atoms with Crippen molar-refractivity contribution in [2.45, 2.75) is 33.4 Å². The van der Waals surface area contributed by atoms with E-state index in [0.717, 1.165) is 5.56 Å². The van der Waals surface area contributed by atoms with Crippen molar-refractivity contribution in [2.24, 2.45) is 5.41 Å². The quantitative estimate of drug-likeness (QED) is 0.332. The second-order valence-corrected chi connectivity index (χ2v) is 9.33. The molecule has 4 aromatic rings. The van der Waals surface area contributed by atoms with Crippen molar-refractivity contribution in [3.8, 4) is 11.3 Å². The number of carboxylic acids is 1. The van der Waals surface area contributed by atoms with Crippen LogP contribution < -0.4 is 5.32 Å². The largest absolute Gasteiger partial charge is 0.481 e. The van der Waals surface area contributed by atoms with E-state index in [1.807, 2.05) is 18.2 Å². The minimum atomic E-state index is -1.26.